The fraction of sp³-hybridized carbons (Fsp3) is 0.467. The van der Waals surface area contributed by atoms with Crippen LogP contribution < -0.4 is 19.6 Å². The van der Waals surface area contributed by atoms with Crippen molar-refractivity contribution >= 4 is 46.8 Å². The fourth-order valence-electron chi connectivity index (χ4n) is 5.10. The first kappa shape index (κ1) is 29.3. The zero-order valence-corrected chi connectivity index (χ0v) is 23.9. The van der Waals surface area contributed by atoms with Gasteiger partial charge in [-0.15, -0.1) is 0 Å². The lowest BCUT2D eigenvalue weighted by Gasteiger charge is -2.27. The van der Waals surface area contributed by atoms with Gasteiger partial charge in [0.15, 0.2) is 0 Å². The van der Waals surface area contributed by atoms with Crippen LogP contribution in [0.15, 0.2) is 48.5 Å². The van der Waals surface area contributed by atoms with Crippen LogP contribution >= 0.6 is 0 Å². The van der Waals surface area contributed by atoms with Gasteiger partial charge in [-0.1, -0.05) is 13.8 Å². The molecule has 4 amide bonds. The van der Waals surface area contributed by atoms with Gasteiger partial charge in [0, 0.05) is 35.8 Å². The van der Waals surface area contributed by atoms with E-state index in [0.717, 1.165) is 35.6 Å². The molecule has 4 heterocycles. The van der Waals surface area contributed by atoms with Crippen molar-refractivity contribution in [2.45, 2.75) is 38.9 Å². The third-order valence-electron chi connectivity index (χ3n) is 7.58. The van der Waals surface area contributed by atoms with E-state index in [1.54, 1.807) is 19.6 Å². The number of nitrogens with zero attached hydrogens (tertiary/aromatic N) is 4. The van der Waals surface area contributed by atoms with Crippen LogP contribution in [0.5, 0.6) is 0 Å². The topological polar surface area (TPSA) is 118 Å². The first-order valence-electron chi connectivity index (χ1n) is 14.3. The Morgan fingerprint density at radius 3 is 1.19 bits per heavy atom. The van der Waals surface area contributed by atoms with Crippen molar-refractivity contribution in [1.82, 2.24) is 0 Å². The summed E-state index contributed by atoms with van der Waals surface area (Å²) in [6.07, 6.45) is 0.913. The second-order valence-corrected chi connectivity index (χ2v) is 10.3. The predicted octanol–water partition coefficient (Wildman–Crippen LogP) is 3.57. The average Bonchev–Trinajstić information content (AvgIpc) is 3.60. The molecule has 4 saturated heterocycles. The summed E-state index contributed by atoms with van der Waals surface area (Å²) in [5.41, 5.74) is 3.24. The summed E-state index contributed by atoms with van der Waals surface area (Å²) in [5, 5.41) is 0. The van der Waals surface area contributed by atoms with Crippen LogP contribution in [-0.4, -0.2) is 88.8 Å². The maximum absolute atomic E-state index is 11.8. The van der Waals surface area contributed by atoms with E-state index in [0.29, 0.717) is 39.4 Å². The molecule has 42 heavy (non-hydrogen) atoms. The highest BCUT2D eigenvalue weighted by atomic mass is 16.6. The maximum Gasteiger partial charge on any atom is 0.414 e. The standard InChI is InChI=1S/2C15H18N2O4/c2*1-2-13-9-17(15(19)21-13)12-5-3-11(4-6-12)16-7-8-20-10-14(16)18/h2*3-6,13H,2,7-10H2,1H3/t2*13-/m10/s1. The molecule has 2 aromatic rings. The van der Waals surface area contributed by atoms with Crippen molar-refractivity contribution < 1.29 is 38.1 Å². The maximum atomic E-state index is 11.8. The van der Waals surface area contributed by atoms with Crippen molar-refractivity contribution in [3.05, 3.63) is 48.5 Å². The van der Waals surface area contributed by atoms with Crippen LogP contribution in [0.2, 0.25) is 0 Å². The number of anilines is 4. The van der Waals surface area contributed by atoms with Gasteiger partial charge in [0.2, 0.25) is 0 Å². The molecule has 4 aliphatic heterocycles. The molecule has 12 nitrogen and oxygen atoms in total. The minimum atomic E-state index is -0.308. The van der Waals surface area contributed by atoms with E-state index < -0.39 is 0 Å². The lowest BCUT2D eigenvalue weighted by atomic mass is 10.2. The lowest BCUT2D eigenvalue weighted by Crippen LogP contribution is -2.41. The predicted molar refractivity (Wildman–Crippen MR) is 155 cm³/mol. The zero-order valence-electron chi connectivity index (χ0n) is 23.9. The summed E-state index contributed by atoms with van der Waals surface area (Å²) >= 11 is 0. The van der Waals surface area contributed by atoms with Gasteiger partial charge in [0.25, 0.3) is 11.8 Å². The van der Waals surface area contributed by atoms with Crippen LogP contribution in [0.3, 0.4) is 0 Å². The minimum Gasteiger partial charge on any atom is -0.444 e. The van der Waals surface area contributed by atoms with Gasteiger partial charge in [-0.2, -0.15) is 0 Å². The van der Waals surface area contributed by atoms with Crippen LogP contribution in [0.25, 0.3) is 0 Å². The van der Waals surface area contributed by atoms with Crippen molar-refractivity contribution in [2.75, 3.05) is 72.2 Å². The van der Waals surface area contributed by atoms with E-state index >= 15 is 0 Å². The van der Waals surface area contributed by atoms with Gasteiger partial charge in [0.1, 0.15) is 25.4 Å². The van der Waals surface area contributed by atoms with Gasteiger partial charge < -0.3 is 28.7 Å². The van der Waals surface area contributed by atoms with Crippen molar-refractivity contribution in [1.29, 1.82) is 0 Å². The molecule has 0 aliphatic carbocycles. The number of benzene rings is 2. The molecule has 0 radical (unpaired) electrons. The van der Waals surface area contributed by atoms with E-state index in [9.17, 15) is 19.2 Å². The summed E-state index contributed by atoms with van der Waals surface area (Å²) < 4.78 is 20.7. The summed E-state index contributed by atoms with van der Waals surface area (Å²) in [5.74, 6) is -0.0822. The van der Waals surface area contributed by atoms with E-state index in [-0.39, 0.29) is 49.4 Å². The molecule has 0 bridgehead atoms. The average molecular weight is 581 g/mol. The number of ether oxygens (including phenoxy) is 4. The molecule has 0 unspecified atom stereocenters. The molecule has 0 N–H and O–H groups in total. The Morgan fingerprint density at radius 1 is 0.571 bits per heavy atom. The Balaban J connectivity index is 0.000000168. The number of hydrogen-bond donors (Lipinski definition) is 0. The monoisotopic (exact) mass is 580 g/mol. The molecule has 2 aromatic carbocycles. The Labute approximate surface area is 244 Å². The van der Waals surface area contributed by atoms with E-state index in [4.69, 9.17) is 18.9 Å². The van der Waals surface area contributed by atoms with Crippen LogP contribution in [-0.2, 0) is 28.5 Å². The Hall–Kier alpha value is -4.16. The first-order valence-corrected chi connectivity index (χ1v) is 14.3. The molecule has 0 saturated carbocycles. The molecule has 0 aromatic heterocycles. The Bertz CT molecular complexity index is 1190. The van der Waals surface area contributed by atoms with Gasteiger partial charge >= 0.3 is 12.2 Å². The fourth-order valence-corrected chi connectivity index (χ4v) is 5.10. The highest BCUT2D eigenvalue weighted by Gasteiger charge is 2.32. The first-order chi connectivity index (χ1) is 20.4. The third-order valence-corrected chi connectivity index (χ3v) is 7.58. The molecule has 224 valence electrons. The number of carbonyl (C=O) groups is 4. The Morgan fingerprint density at radius 2 is 0.905 bits per heavy atom. The molecular formula is C30H36N4O8. The third kappa shape index (κ3) is 6.50. The molecule has 0 spiro atoms. The van der Waals surface area contributed by atoms with Gasteiger partial charge in [-0.05, 0) is 61.4 Å². The largest absolute Gasteiger partial charge is 0.444 e. The second-order valence-electron chi connectivity index (χ2n) is 10.3. The van der Waals surface area contributed by atoms with Gasteiger partial charge in [-0.25, -0.2) is 9.59 Å². The summed E-state index contributed by atoms with van der Waals surface area (Å²) in [6.45, 7) is 7.59. The van der Waals surface area contributed by atoms with Crippen molar-refractivity contribution in [2.24, 2.45) is 0 Å². The number of amides is 4. The summed E-state index contributed by atoms with van der Waals surface area (Å²) in [6, 6.07) is 14.8. The SMILES string of the molecule is CC[C@@H]1CN(c2ccc(N3CCOCC3=O)cc2)C(=O)O1.CC[C@H]1CN(c2ccc(N3CCOCC3=O)cc2)C(=O)O1. The van der Waals surface area contributed by atoms with Gasteiger partial charge in [-0.3, -0.25) is 19.4 Å². The van der Waals surface area contributed by atoms with Crippen LogP contribution in [0.1, 0.15) is 26.7 Å². The molecular weight excluding hydrogens is 544 g/mol. The number of carbonyl (C=O) groups excluding carboxylic acids is 4. The normalized spacial score (nSPS) is 22.6. The number of hydrogen-bond acceptors (Lipinski definition) is 8. The molecule has 4 fully saturated rings. The lowest BCUT2D eigenvalue weighted by molar-refractivity contribution is -0.126. The smallest absolute Gasteiger partial charge is 0.414 e. The van der Waals surface area contributed by atoms with E-state index in [1.165, 1.54) is 0 Å². The van der Waals surface area contributed by atoms with Crippen molar-refractivity contribution in [3.8, 4) is 0 Å². The zero-order chi connectivity index (χ0) is 29.6. The number of morpholine rings is 2. The highest BCUT2D eigenvalue weighted by Crippen LogP contribution is 2.27. The van der Waals surface area contributed by atoms with Crippen LogP contribution in [0.4, 0.5) is 32.3 Å². The molecule has 2 atom stereocenters. The van der Waals surface area contributed by atoms with E-state index in [1.807, 2.05) is 62.4 Å². The second kappa shape index (κ2) is 13.2. The van der Waals surface area contributed by atoms with E-state index in [2.05, 4.69) is 0 Å². The molecule has 12 heteroatoms. The quantitative estimate of drug-likeness (QED) is 0.509. The number of cyclic esters (lactones) is 2. The summed E-state index contributed by atoms with van der Waals surface area (Å²) in [4.78, 5) is 53.8. The Kier molecular flexibility index (Phi) is 9.23. The minimum absolute atomic E-state index is 0.0411. The van der Waals surface area contributed by atoms with Crippen molar-refractivity contribution in [3.63, 3.8) is 0 Å². The van der Waals surface area contributed by atoms with Gasteiger partial charge in [0.05, 0.1) is 26.3 Å². The molecule has 6 rings (SSSR count). The summed E-state index contributed by atoms with van der Waals surface area (Å²) in [7, 11) is 0. The number of rotatable bonds is 6. The highest BCUT2D eigenvalue weighted by molar-refractivity contribution is 5.96. The van der Waals surface area contributed by atoms with Crippen LogP contribution in [0, 0.1) is 0 Å². The molecule has 4 aliphatic rings.